The van der Waals surface area contributed by atoms with Crippen LogP contribution in [0.25, 0.3) is 0 Å². The van der Waals surface area contributed by atoms with Crippen molar-refractivity contribution in [3.05, 3.63) is 48.6 Å². The molecule has 0 heterocycles. The summed E-state index contributed by atoms with van der Waals surface area (Å²) in [5.74, 6) is -0.139. The molecule has 74 heavy (non-hydrogen) atoms. The summed E-state index contributed by atoms with van der Waals surface area (Å²) in [7, 11) is 1.63. The Labute approximate surface area is 460 Å². The third-order valence-electron chi connectivity index (χ3n) is 14.6. The second-order valence-corrected chi connectivity index (χ2v) is 24.6. The molecule has 0 aromatic rings. The van der Waals surface area contributed by atoms with Crippen LogP contribution in [0.1, 0.15) is 309 Å². The maximum Gasteiger partial charge on any atom is 0.472 e. The van der Waals surface area contributed by atoms with Crippen LogP contribution in [0.5, 0.6) is 0 Å². The summed E-state index contributed by atoms with van der Waals surface area (Å²) in [6, 6.07) is -0.758. The van der Waals surface area contributed by atoms with Crippen LogP contribution in [-0.2, 0) is 18.4 Å². The number of carbonyl (C=O) groups excluding carboxylic acids is 1. The summed E-state index contributed by atoms with van der Waals surface area (Å²) in [6.07, 6.45) is 74.9. The van der Waals surface area contributed by atoms with Gasteiger partial charge in [-0.15, -0.1) is 0 Å². The van der Waals surface area contributed by atoms with E-state index in [4.69, 9.17) is 9.05 Å². The number of aliphatic hydroxyl groups excluding tert-OH is 1. The highest BCUT2D eigenvalue weighted by molar-refractivity contribution is 7.47. The SMILES string of the molecule is CC/C=C\C/C=C\C/C=C\C/C=C\CCCCCCCCCCCCCCCCCCCCCCCCCCC(=O)NC(COP(=O)(O)OCC[N+](C)(C)C)C(O)CCCCCCCCCCCCCCCCC. The Balaban J connectivity index is 3.91. The van der Waals surface area contributed by atoms with Gasteiger partial charge in [0.25, 0.3) is 0 Å². The fourth-order valence-corrected chi connectivity index (χ4v) is 10.4. The summed E-state index contributed by atoms with van der Waals surface area (Å²) in [4.78, 5) is 23.4. The smallest absolute Gasteiger partial charge is 0.391 e. The molecule has 3 atom stereocenters. The highest BCUT2D eigenvalue weighted by atomic mass is 31.2. The zero-order chi connectivity index (χ0) is 54.2. The molecule has 436 valence electrons. The van der Waals surface area contributed by atoms with Gasteiger partial charge in [-0.1, -0.05) is 300 Å². The van der Waals surface area contributed by atoms with Gasteiger partial charge in [-0.05, 0) is 51.4 Å². The summed E-state index contributed by atoms with van der Waals surface area (Å²) in [5.41, 5.74) is 0. The molecule has 0 bridgehead atoms. The van der Waals surface area contributed by atoms with E-state index in [1.807, 2.05) is 21.1 Å². The highest BCUT2D eigenvalue weighted by Gasteiger charge is 2.28. The number of nitrogens with one attached hydrogen (secondary N) is 1. The van der Waals surface area contributed by atoms with Crippen molar-refractivity contribution in [3.63, 3.8) is 0 Å². The van der Waals surface area contributed by atoms with Gasteiger partial charge in [0.05, 0.1) is 39.9 Å². The molecule has 0 saturated heterocycles. The van der Waals surface area contributed by atoms with E-state index >= 15 is 0 Å². The quantitative estimate of drug-likeness (QED) is 0.0243. The van der Waals surface area contributed by atoms with E-state index in [9.17, 15) is 19.4 Å². The van der Waals surface area contributed by atoms with Gasteiger partial charge < -0.3 is 19.8 Å². The third-order valence-corrected chi connectivity index (χ3v) is 15.6. The molecule has 9 heteroatoms. The standard InChI is InChI=1S/C65H125N2O6P/c1-6-8-10-12-14-16-18-20-22-23-24-25-26-27-28-29-30-31-32-33-34-35-36-37-38-39-40-41-42-43-45-47-49-51-53-55-57-59-65(69)66-63(62-73-74(70,71)72-61-60-67(3,4)5)64(68)58-56-54-52-50-48-46-44-21-19-17-15-13-11-9-7-2/h8,10,14,16,20,22,24-25,63-64,68H,6-7,9,11-13,15,17-19,21,23,26-62H2,1-5H3,(H-,66,69,70,71)/p+1/b10-8-,16-14-,22-20-,25-24-. The first-order valence-corrected chi connectivity index (χ1v) is 33.5. The predicted molar refractivity (Wildman–Crippen MR) is 323 cm³/mol. The first-order valence-electron chi connectivity index (χ1n) is 32.0. The minimum absolute atomic E-state index is 0.0766. The number of phosphoric ester groups is 1. The van der Waals surface area contributed by atoms with Crippen LogP contribution in [0.3, 0.4) is 0 Å². The van der Waals surface area contributed by atoms with Gasteiger partial charge in [-0.3, -0.25) is 13.8 Å². The molecule has 0 fully saturated rings. The number of phosphoric acid groups is 1. The van der Waals surface area contributed by atoms with E-state index in [-0.39, 0.29) is 19.1 Å². The van der Waals surface area contributed by atoms with Crippen LogP contribution >= 0.6 is 7.82 Å². The predicted octanol–water partition coefficient (Wildman–Crippen LogP) is 19.9. The van der Waals surface area contributed by atoms with E-state index in [0.717, 1.165) is 64.2 Å². The molecule has 1 amide bonds. The van der Waals surface area contributed by atoms with Crippen molar-refractivity contribution < 1.29 is 32.9 Å². The number of amides is 1. The lowest BCUT2D eigenvalue weighted by molar-refractivity contribution is -0.870. The summed E-state index contributed by atoms with van der Waals surface area (Å²) < 4.78 is 23.8. The summed E-state index contributed by atoms with van der Waals surface area (Å²) in [5, 5.41) is 14.1. The number of rotatable bonds is 59. The fourth-order valence-electron chi connectivity index (χ4n) is 9.63. The van der Waals surface area contributed by atoms with E-state index in [1.165, 1.54) is 218 Å². The summed E-state index contributed by atoms with van der Waals surface area (Å²) in [6.45, 7) is 4.81. The first-order chi connectivity index (χ1) is 36.0. The largest absolute Gasteiger partial charge is 0.472 e. The van der Waals surface area contributed by atoms with Gasteiger partial charge in [0, 0.05) is 6.42 Å². The molecule has 0 rings (SSSR count). The number of nitrogens with zero attached hydrogens (tertiary/aromatic N) is 1. The Morgan fingerprint density at radius 1 is 0.473 bits per heavy atom. The third kappa shape index (κ3) is 58.1. The summed E-state index contributed by atoms with van der Waals surface area (Å²) >= 11 is 0. The van der Waals surface area contributed by atoms with Crippen molar-refractivity contribution in [1.82, 2.24) is 5.32 Å². The molecule has 0 aliphatic carbocycles. The molecule has 0 saturated carbocycles. The van der Waals surface area contributed by atoms with Crippen molar-refractivity contribution in [2.45, 2.75) is 321 Å². The number of allylic oxidation sites excluding steroid dienone is 8. The Hall–Kier alpha value is -1.54. The van der Waals surface area contributed by atoms with Gasteiger partial charge in [0.15, 0.2) is 0 Å². The Bertz CT molecular complexity index is 1340. The lowest BCUT2D eigenvalue weighted by atomic mass is 10.0. The number of quaternary nitrogens is 1. The molecule has 0 aromatic heterocycles. The number of hydrogen-bond donors (Lipinski definition) is 3. The second kappa shape index (κ2) is 56.2. The second-order valence-electron chi connectivity index (χ2n) is 23.1. The number of unbranched alkanes of at least 4 members (excludes halogenated alkanes) is 38. The molecule has 0 aliphatic heterocycles. The van der Waals surface area contributed by atoms with Gasteiger partial charge in [0.2, 0.25) is 5.91 Å². The Morgan fingerprint density at radius 2 is 0.811 bits per heavy atom. The van der Waals surface area contributed by atoms with Crippen molar-refractivity contribution in [2.75, 3.05) is 40.9 Å². The molecule has 0 aliphatic rings. The molecule has 0 aromatic carbocycles. The maximum absolute atomic E-state index is 13.0. The highest BCUT2D eigenvalue weighted by Crippen LogP contribution is 2.43. The van der Waals surface area contributed by atoms with Crippen LogP contribution in [0, 0.1) is 0 Å². The van der Waals surface area contributed by atoms with Gasteiger partial charge in [0.1, 0.15) is 13.2 Å². The molecule has 3 N–H and O–H groups in total. The Morgan fingerprint density at radius 3 is 1.19 bits per heavy atom. The monoisotopic (exact) mass is 1060 g/mol. The van der Waals surface area contributed by atoms with Crippen LogP contribution in [0.4, 0.5) is 0 Å². The number of aliphatic hydroxyl groups is 1. The van der Waals surface area contributed by atoms with Crippen molar-refractivity contribution in [2.24, 2.45) is 0 Å². The van der Waals surface area contributed by atoms with E-state index in [0.29, 0.717) is 23.9 Å². The fraction of sp³-hybridized carbons (Fsp3) is 0.862. The average molecular weight is 1060 g/mol. The maximum atomic E-state index is 13.0. The normalized spacial score (nSPS) is 14.1. The topological polar surface area (TPSA) is 105 Å². The van der Waals surface area contributed by atoms with E-state index in [2.05, 4.69) is 67.8 Å². The number of carbonyl (C=O) groups is 1. The van der Waals surface area contributed by atoms with Gasteiger partial charge in [-0.2, -0.15) is 0 Å². The zero-order valence-electron chi connectivity index (χ0n) is 49.8. The molecule has 3 unspecified atom stereocenters. The molecule has 8 nitrogen and oxygen atoms in total. The first kappa shape index (κ1) is 72.5. The van der Waals surface area contributed by atoms with Crippen LogP contribution < -0.4 is 5.32 Å². The molecular formula is C65H126N2O6P+. The van der Waals surface area contributed by atoms with Gasteiger partial charge >= 0.3 is 7.82 Å². The lowest BCUT2D eigenvalue weighted by Crippen LogP contribution is -2.46. The number of likely N-dealkylation sites (N-methyl/N-ethyl adjacent to an activating group) is 1. The number of hydrogen-bond acceptors (Lipinski definition) is 5. The van der Waals surface area contributed by atoms with Crippen molar-refractivity contribution >= 4 is 13.7 Å². The zero-order valence-corrected chi connectivity index (χ0v) is 50.7. The van der Waals surface area contributed by atoms with Crippen LogP contribution in [0.2, 0.25) is 0 Å². The van der Waals surface area contributed by atoms with Crippen LogP contribution in [-0.4, -0.2) is 73.4 Å². The van der Waals surface area contributed by atoms with Gasteiger partial charge in [-0.25, -0.2) is 4.57 Å². The van der Waals surface area contributed by atoms with E-state index in [1.54, 1.807) is 0 Å². The van der Waals surface area contributed by atoms with Crippen molar-refractivity contribution in [3.8, 4) is 0 Å². The average Bonchev–Trinajstić information content (AvgIpc) is 3.36. The Kier molecular flexibility index (Phi) is 55.0. The molecule has 0 radical (unpaired) electrons. The minimum atomic E-state index is -4.32. The minimum Gasteiger partial charge on any atom is -0.391 e. The lowest BCUT2D eigenvalue weighted by Gasteiger charge is -2.26. The van der Waals surface area contributed by atoms with E-state index < -0.39 is 20.0 Å². The van der Waals surface area contributed by atoms with Crippen LogP contribution in [0.15, 0.2) is 48.6 Å². The molecular weight excluding hydrogens is 936 g/mol. The van der Waals surface area contributed by atoms with Crippen molar-refractivity contribution in [1.29, 1.82) is 0 Å². The molecule has 0 spiro atoms.